The number of hydrogen-bond donors (Lipinski definition) is 1. The average Bonchev–Trinajstić information content (AvgIpc) is 3.75. The van der Waals surface area contributed by atoms with Crippen molar-refractivity contribution in [2.45, 2.75) is 45.4 Å². The van der Waals surface area contributed by atoms with Gasteiger partial charge in [-0.3, -0.25) is 14.4 Å². The van der Waals surface area contributed by atoms with Crippen LogP contribution in [0.2, 0.25) is 0 Å². The van der Waals surface area contributed by atoms with Gasteiger partial charge in [0.2, 0.25) is 5.91 Å². The van der Waals surface area contributed by atoms with Gasteiger partial charge in [0, 0.05) is 81.5 Å². The molecule has 0 saturated carbocycles. The van der Waals surface area contributed by atoms with Crippen LogP contribution in [0.15, 0.2) is 29.6 Å². The molecule has 5 heterocycles. The Morgan fingerprint density at radius 3 is 2.34 bits per heavy atom. The number of carbonyl (C=O) groups excluding carboxylic acids is 3. The molecule has 0 spiro atoms. The zero-order valence-corrected chi connectivity index (χ0v) is 27.1. The third-order valence-corrected chi connectivity index (χ3v) is 10.3. The number of amides is 2. The van der Waals surface area contributed by atoms with Crippen LogP contribution in [0.5, 0.6) is 0 Å². The summed E-state index contributed by atoms with van der Waals surface area (Å²) < 4.78 is 5.67. The van der Waals surface area contributed by atoms with Crippen LogP contribution in [0.25, 0.3) is 0 Å². The smallest absolute Gasteiger partial charge is 0.251 e. The van der Waals surface area contributed by atoms with Crippen molar-refractivity contribution in [3.8, 4) is 0 Å². The Morgan fingerprint density at radius 2 is 1.66 bits per heavy atom. The first kappa shape index (κ1) is 30.8. The van der Waals surface area contributed by atoms with Gasteiger partial charge < -0.3 is 34.6 Å². The van der Waals surface area contributed by atoms with Crippen molar-refractivity contribution in [2.75, 3.05) is 87.3 Å². The van der Waals surface area contributed by atoms with Gasteiger partial charge in [0.15, 0.2) is 10.9 Å². The minimum absolute atomic E-state index is 0.0504. The second-order valence-electron chi connectivity index (χ2n) is 13.1. The molecule has 1 N–H and O–H groups in total. The van der Waals surface area contributed by atoms with Crippen molar-refractivity contribution < 1.29 is 19.1 Å². The standard InChI is InChI=1S/C32H45N7O4S/c1-21(2)17-25(31(42)39-18-22(3)29-28(39)26(40)19-43-29)33-30(41)23-5-7-24(8-6-23)36-13-15-37(16-14-36)27-20-44-32(34-27)38-11-9-35(4)10-12-38/h5-8,20-22,25,28-29H,9-19H2,1-4H3,(H,33,41)/t22-,25+,28-,29-/m1/s1. The Kier molecular flexibility index (Phi) is 9.11. The van der Waals surface area contributed by atoms with Crippen molar-refractivity contribution in [1.82, 2.24) is 20.1 Å². The summed E-state index contributed by atoms with van der Waals surface area (Å²) >= 11 is 1.73. The van der Waals surface area contributed by atoms with Crippen LogP contribution in [-0.4, -0.2) is 123 Å². The second-order valence-corrected chi connectivity index (χ2v) is 13.9. The fourth-order valence-electron chi connectivity index (χ4n) is 6.82. The molecule has 2 amide bonds. The average molecular weight is 624 g/mol. The highest BCUT2D eigenvalue weighted by Gasteiger charge is 2.51. The number of ketones is 1. The lowest BCUT2D eigenvalue weighted by Gasteiger charge is -2.36. The van der Waals surface area contributed by atoms with Crippen molar-refractivity contribution in [3.05, 3.63) is 35.2 Å². The largest absolute Gasteiger partial charge is 0.368 e. The molecule has 1 aromatic carbocycles. The quantitative estimate of drug-likeness (QED) is 0.474. The van der Waals surface area contributed by atoms with Crippen LogP contribution >= 0.6 is 11.3 Å². The number of thiazole rings is 1. The van der Waals surface area contributed by atoms with Gasteiger partial charge in [0.1, 0.15) is 24.5 Å². The number of ether oxygens (including phenoxy) is 1. The molecular formula is C32H45N7O4S. The van der Waals surface area contributed by atoms with Crippen molar-refractivity contribution in [1.29, 1.82) is 0 Å². The van der Waals surface area contributed by atoms with Crippen LogP contribution in [0, 0.1) is 11.8 Å². The molecule has 0 unspecified atom stereocenters. The minimum atomic E-state index is -0.697. The fourth-order valence-corrected chi connectivity index (χ4v) is 7.71. The maximum atomic E-state index is 13.6. The molecule has 2 aromatic rings. The zero-order valence-electron chi connectivity index (χ0n) is 26.3. The van der Waals surface area contributed by atoms with Crippen LogP contribution in [0.4, 0.5) is 16.6 Å². The van der Waals surface area contributed by atoms with Gasteiger partial charge >= 0.3 is 0 Å². The number of hydrogen-bond acceptors (Lipinski definition) is 10. The highest BCUT2D eigenvalue weighted by atomic mass is 32.1. The normalized spacial score (nSPS) is 25.1. The molecule has 4 aliphatic rings. The highest BCUT2D eigenvalue weighted by Crippen LogP contribution is 2.32. The summed E-state index contributed by atoms with van der Waals surface area (Å²) in [7, 11) is 2.17. The van der Waals surface area contributed by atoms with E-state index in [0.717, 1.165) is 69.0 Å². The van der Waals surface area contributed by atoms with Gasteiger partial charge in [-0.05, 0) is 43.7 Å². The van der Waals surface area contributed by atoms with Gasteiger partial charge in [0.25, 0.3) is 5.91 Å². The number of rotatable bonds is 8. The van der Waals surface area contributed by atoms with Gasteiger partial charge in [0.05, 0.1) is 6.10 Å². The van der Waals surface area contributed by atoms with Crippen molar-refractivity contribution in [3.63, 3.8) is 0 Å². The molecule has 4 aliphatic heterocycles. The summed E-state index contributed by atoms with van der Waals surface area (Å²) in [6.07, 6.45) is 0.248. The third-order valence-electron chi connectivity index (χ3n) is 9.39. The number of nitrogens with zero attached hydrogens (tertiary/aromatic N) is 6. The Morgan fingerprint density at radius 1 is 1.00 bits per heavy atom. The molecule has 238 valence electrons. The van der Waals surface area contributed by atoms with Gasteiger partial charge in [-0.2, -0.15) is 0 Å². The van der Waals surface area contributed by atoms with E-state index in [9.17, 15) is 14.4 Å². The summed E-state index contributed by atoms with van der Waals surface area (Å²) in [5.41, 5.74) is 1.59. The number of carbonyl (C=O) groups is 3. The lowest BCUT2D eigenvalue weighted by molar-refractivity contribution is -0.138. The molecule has 12 heteroatoms. The molecule has 4 saturated heterocycles. The minimum Gasteiger partial charge on any atom is -0.368 e. The summed E-state index contributed by atoms with van der Waals surface area (Å²) in [5, 5.41) is 6.28. The van der Waals surface area contributed by atoms with Crippen molar-refractivity contribution in [2.24, 2.45) is 11.8 Å². The van der Waals surface area contributed by atoms with E-state index >= 15 is 0 Å². The van der Waals surface area contributed by atoms with Gasteiger partial charge in [-0.25, -0.2) is 4.98 Å². The number of aromatic nitrogens is 1. The summed E-state index contributed by atoms with van der Waals surface area (Å²) in [4.78, 5) is 55.5. The van der Waals surface area contributed by atoms with E-state index in [1.165, 1.54) is 0 Å². The number of likely N-dealkylation sites (tertiary alicyclic amines) is 1. The summed E-state index contributed by atoms with van der Waals surface area (Å²) in [6.45, 7) is 14.3. The van der Waals surface area contributed by atoms with E-state index in [0.29, 0.717) is 18.5 Å². The molecule has 44 heavy (non-hydrogen) atoms. The Hall–Kier alpha value is -3.22. The topological polar surface area (TPSA) is 102 Å². The van der Waals surface area contributed by atoms with Crippen LogP contribution in [-0.2, 0) is 14.3 Å². The first-order chi connectivity index (χ1) is 21.2. The van der Waals surface area contributed by atoms with E-state index in [-0.39, 0.29) is 42.1 Å². The SMILES string of the molecule is CC(C)C[C@H](NC(=O)c1ccc(N2CCN(c3csc(N4CCN(C)CC4)n3)CC2)cc1)C(=O)N1C[C@@H](C)[C@H]2OCC(=O)[C@H]21. The molecule has 1 aromatic heterocycles. The number of benzene rings is 1. The van der Waals surface area contributed by atoms with E-state index in [1.807, 2.05) is 45.0 Å². The maximum Gasteiger partial charge on any atom is 0.251 e. The maximum absolute atomic E-state index is 13.6. The molecule has 0 radical (unpaired) electrons. The zero-order chi connectivity index (χ0) is 31.0. The van der Waals surface area contributed by atoms with Crippen LogP contribution in [0.1, 0.15) is 37.6 Å². The van der Waals surface area contributed by atoms with Crippen LogP contribution in [0.3, 0.4) is 0 Å². The number of nitrogens with one attached hydrogen (secondary N) is 1. The molecular weight excluding hydrogens is 578 g/mol. The van der Waals surface area contributed by atoms with E-state index < -0.39 is 12.1 Å². The van der Waals surface area contributed by atoms with E-state index in [2.05, 4.69) is 37.3 Å². The Bertz CT molecular complexity index is 1330. The van der Waals surface area contributed by atoms with E-state index in [4.69, 9.17) is 9.72 Å². The molecule has 0 bridgehead atoms. The molecule has 4 fully saturated rings. The number of Topliss-reactive ketones (excluding diaryl/α,β-unsaturated/α-hetero) is 1. The lowest BCUT2D eigenvalue weighted by atomic mass is 10.0. The van der Waals surface area contributed by atoms with E-state index in [1.54, 1.807) is 16.2 Å². The Balaban J connectivity index is 1.04. The highest BCUT2D eigenvalue weighted by molar-refractivity contribution is 7.14. The first-order valence-electron chi connectivity index (χ1n) is 15.9. The van der Waals surface area contributed by atoms with Gasteiger partial charge in [-0.1, -0.05) is 20.8 Å². The fraction of sp³-hybridized carbons (Fsp3) is 0.625. The van der Waals surface area contributed by atoms with Crippen molar-refractivity contribution >= 4 is 45.6 Å². The first-order valence-corrected chi connectivity index (χ1v) is 16.8. The molecule has 11 nitrogen and oxygen atoms in total. The van der Waals surface area contributed by atoms with Crippen LogP contribution < -0.4 is 20.0 Å². The van der Waals surface area contributed by atoms with Gasteiger partial charge in [-0.15, -0.1) is 11.3 Å². The molecule has 0 aliphatic carbocycles. The summed E-state index contributed by atoms with van der Waals surface area (Å²) in [6, 6.07) is 6.40. The number of fused-ring (bicyclic) bond motifs is 1. The lowest BCUT2D eigenvalue weighted by Crippen LogP contribution is -2.52. The summed E-state index contributed by atoms with van der Waals surface area (Å²) in [5.74, 6) is 0.805. The molecule has 6 rings (SSSR count). The predicted octanol–water partition coefficient (Wildman–Crippen LogP) is 2.18. The number of anilines is 3. The Labute approximate surface area is 264 Å². The number of piperazine rings is 2. The number of likely N-dealkylation sites (N-methyl/N-ethyl adjacent to an activating group) is 1. The second kappa shape index (κ2) is 13.0. The monoisotopic (exact) mass is 623 g/mol. The third kappa shape index (κ3) is 6.43. The molecule has 4 atom stereocenters. The predicted molar refractivity (Wildman–Crippen MR) is 173 cm³/mol.